The molecule has 8 unspecified atom stereocenters. The van der Waals surface area contributed by atoms with Crippen LogP contribution < -0.4 is 0 Å². The maximum atomic E-state index is 12.2. The molecule has 1 heterocycles. The molecule has 12 heteroatoms. The van der Waals surface area contributed by atoms with Crippen molar-refractivity contribution in [2.24, 2.45) is 28.8 Å². The fourth-order valence-electron chi connectivity index (χ4n) is 6.58. The molecule has 1 saturated heterocycles. The third-order valence-electron chi connectivity index (χ3n) is 9.16. The summed E-state index contributed by atoms with van der Waals surface area (Å²) in [5.41, 5.74) is -2.50. The van der Waals surface area contributed by atoms with Gasteiger partial charge in [-0.3, -0.25) is 0 Å². The van der Waals surface area contributed by atoms with E-state index in [0.29, 0.717) is 38.2 Å². The number of rotatable bonds is 21. The average molecular weight is 651 g/mol. The van der Waals surface area contributed by atoms with Gasteiger partial charge in [-0.05, 0) is 60.0 Å². The highest BCUT2D eigenvalue weighted by Gasteiger charge is 2.47. The molecular weight excluding hydrogens is 584 g/mol. The van der Waals surface area contributed by atoms with Gasteiger partial charge in [-0.25, -0.2) is 0 Å². The standard InChI is InChI=1S/C33H66N2O10/c1-13-14-32(8,39)29(38)23(6)26(34-43-19-42-16-15-41-12)21(4)18-33(9,40)30(24(7)27(36)20(2)3)45-31-28(37)25(35(10)11)17-22(5)44-31/h20-25,27-31,36-40H,13-19H2,1-12H3/t21?,22-,23?,24?,25+,27?,28-,29?,30?,31+,32?,33?/m1/s1. The minimum atomic E-state index is -1.56. The summed E-state index contributed by atoms with van der Waals surface area (Å²) in [7, 11) is 5.35. The Morgan fingerprint density at radius 2 is 1.67 bits per heavy atom. The largest absolute Gasteiger partial charge is 0.392 e. The van der Waals surface area contributed by atoms with Crippen LogP contribution in [0.2, 0.25) is 0 Å². The van der Waals surface area contributed by atoms with Crippen molar-refractivity contribution >= 4 is 5.71 Å². The van der Waals surface area contributed by atoms with Crippen molar-refractivity contribution < 1.29 is 49.3 Å². The Morgan fingerprint density at radius 3 is 2.20 bits per heavy atom. The Kier molecular flexibility index (Phi) is 17.9. The first-order valence-corrected chi connectivity index (χ1v) is 16.5. The third kappa shape index (κ3) is 12.6. The third-order valence-corrected chi connectivity index (χ3v) is 9.16. The van der Waals surface area contributed by atoms with Crippen LogP contribution in [0.1, 0.15) is 88.0 Å². The number of likely N-dealkylation sites (N-methyl/N-ethyl adjacent to an activating group) is 1. The van der Waals surface area contributed by atoms with E-state index < -0.39 is 59.7 Å². The molecule has 0 saturated carbocycles. The fraction of sp³-hybridized carbons (Fsp3) is 0.970. The zero-order valence-electron chi connectivity index (χ0n) is 30.0. The van der Waals surface area contributed by atoms with Crippen LogP contribution in [-0.4, -0.2) is 131 Å². The van der Waals surface area contributed by atoms with Crippen molar-refractivity contribution in [2.45, 2.75) is 142 Å². The van der Waals surface area contributed by atoms with Crippen molar-refractivity contribution in [3.8, 4) is 0 Å². The predicted molar refractivity (Wildman–Crippen MR) is 174 cm³/mol. The maximum Gasteiger partial charge on any atom is 0.216 e. The zero-order valence-corrected chi connectivity index (χ0v) is 30.0. The Bertz CT molecular complexity index is 855. The van der Waals surface area contributed by atoms with Gasteiger partial charge in [-0.15, -0.1) is 0 Å². The lowest BCUT2D eigenvalue weighted by Crippen LogP contribution is -2.59. The average Bonchev–Trinajstić information content (AvgIpc) is 2.94. The van der Waals surface area contributed by atoms with E-state index in [0.717, 1.165) is 0 Å². The number of nitrogens with zero attached hydrogens (tertiary/aromatic N) is 2. The maximum absolute atomic E-state index is 12.2. The first kappa shape index (κ1) is 42.1. The summed E-state index contributed by atoms with van der Waals surface area (Å²) >= 11 is 0. The lowest BCUT2D eigenvalue weighted by molar-refractivity contribution is -0.298. The molecule has 45 heavy (non-hydrogen) atoms. The van der Waals surface area contributed by atoms with Gasteiger partial charge in [0.15, 0.2) is 6.29 Å². The molecule has 1 aliphatic rings. The minimum absolute atomic E-state index is 0.0992. The van der Waals surface area contributed by atoms with Crippen LogP contribution >= 0.6 is 0 Å². The summed E-state index contributed by atoms with van der Waals surface area (Å²) < 4.78 is 22.9. The quantitative estimate of drug-likeness (QED) is 0.0537. The molecule has 0 aromatic carbocycles. The molecule has 0 aromatic rings. The van der Waals surface area contributed by atoms with E-state index in [1.165, 1.54) is 0 Å². The van der Waals surface area contributed by atoms with Gasteiger partial charge in [0.2, 0.25) is 6.79 Å². The Labute approximate surface area is 272 Å². The second-order valence-electron chi connectivity index (χ2n) is 14.2. The van der Waals surface area contributed by atoms with E-state index in [1.54, 1.807) is 27.9 Å². The molecule has 1 rings (SSSR count). The fourth-order valence-corrected chi connectivity index (χ4v) is 6.58. The topological polar surface area (TPSA) is 163 Å². The van der Waals surface area contributed by atoms with E-state index in [1.807, 2.05) is 60.5 Å². The molecule has 1 fully saturated rings. The van der Waals surface area contributed by atoms with E-state index in [2.05, 4.69) is 5.16 Å². The summed E-state index contributed by atoms with van der Waals surface area (Å²) in [4.78, 5) is 7.42. The van der Waals surface area contributed by atoms with Gasteiger partial charge in [0.25, 0.3) is 0 Å². The van der Waals surface area contributed by atoms with Gasteiger partial charge in [0.1, 0.15) is 6.10 Å². The molecular formula is C33H66N2O10. The second kappa shape index (κ2) is 19.2. The van der Waals surface area contributed by atoms with Crippen molar-refractivity contribution in [3.63, 3.8) is 0 Å². The molecule has 12 nitrogen and oxygen atoms in total. The lowest BCUT2D eigenvalue weighted by Gasteiger charge is -2.46. The normalized spacial score (nSPS) is 28.2. The molecule has 0 aliphatic carbocycles. The molecule has 12 atom stereocenters. The number of aliphatic hydroxyl groups is 5. The van der Waals surface area contributed by atoms with Crippen molar-refractivity contribution in [2.75, 3.05) is 41.2 Å². The van der Waals surface area contributed by atoms with E-state index in [-0.39, 0.29) is 31.3 Å². The number of hydrogen-bond acceptors (Lipinski definition) is 12. The number of oxime groups is 1. The smallest absolute Gasteiger partial charge is 0.216 e. The van der Waals surface area contributed by atoms with Crippen molar-refractivity contribution in [3.05, 3.63) is 0 Å². The lowest BCUT2D eigenvalue weighted by atomic mass is 9.74. The molecule has 0 bridgehead atoms. The molecule has 1 aliphatic heterocycles. The molecule has 0 aromatic heterocycles. The van der Waals surface area contributed by atoms with Crippen LogP contribution in [0.5, 0.6) is 0 Å². The van der Waals surface area contributed by atoms with Crippen LogP contribution in [0, 0.1) is 23.7 Å². The van der Waals surface area contributed by atoms with Crippen LogP contribution in [0.25, 0.3) is 0 Å². The Balaban J connectivity index is 3.42. The van der Waals surface area contributed by atoms with Gasteiger partial charge < -0.3 is 54.2 Å². The van der Waals surface area contributed by atoms with E-state index in [9.17, 15) is 25.5 Å². The predicted octanol–water partition coefficient (Wildman–Crippen LogP) is 2.77. The van der Waals surface area contributed by atoms with Gasteiger partial charge >= 0.3 is 0 Å². The van der Waals surface area contributed by atoms with Crippen LogP contribution in [-0.2, 0) is 23.8 Å². The number of aliphatic hydroxyl groups excluding tert-OH is 3. The summed E-state index contributed by atoms with van der Waals surface area (Å²) in [6, 6.07) is -0.214. The van der Waals surface area contributed by atoms with Crippen molar-refractivity contribution in [1.29, 1.82) is 0 Å². The molecule has 0 radical (unpaired) electrons. The number of ether oxygens (including phenoxy) is 4. The monoisotopic (exact) mass is 650 g/mol. The SMILES string of the molecule is CCCC(C)(O)C(O)C(C)C(=NOCOCCOC)C(C)CC(C)(O)C(O[C@@H]1O[C@H](C)C[C@H](N(C)C)[C@H]1O)C(C)C(O)C(C)C. The molecule has 268 valence electrons. The zero-order chi connectivity index (χ0) is 34.7. The Morgan fingerprint density at radius 1 is 1.04 bits per heavy atom. The Hall–Kier alpha value is -0.930. The van der Waals surface area contributed by atoms with Crippen LogP contribution in [0.15, 0.2) is 5.16 Å². The van der Waals surface area contributed by atoms with Gasteiger partial charge in [-0.2, -0.15) is 0 Å². The summed E-state index contributed by atoms with van der Waals surface area (Å²) in [6.07, 6.45) is -3.35. The van der Waals surface area contributed by atoms with Gasteiger partial charge in [-0.1, -0.05) is 53.1 Å². The number of methoxy groups -OCH3 is 1. The van der Waals surface area contributed by atoms with E-state index in [4.69, 9.17) is 23.8 Å². The van der Waals surface area contributed by atoms with Gasteiger partial charge in [0.05, 0.1) is 54.5 Å². The van der Waals surface area contributed by atoms with Gasteiger partial charge in [0, 0.05) is 30.9 Å². The van der Waals surface area contributed by atoms with Crippen LogP contribution in [0.3, 0.4) is 0 Å². The van der Waals surface area contributed by atoms with Crippen LogP contribution in [0.4, 0.5) is 0 Å². The summed E-state index contributed by atoms with van der Waals surface area (Å²) in [5.74, 6) is -1.78. The molecule has 0 spiro atoms. The summed E-state index contributed by atoms with van der Waals surface area (Å²) in [5, 5.41) is 61.1. The number of hydrogen-bond donors (Lipinski definition) is 5. The highest BCUT2D eigenvalue weighted by atomic mass is 16.7. The molecule has 5 N–H and O–H groups in total. The first-order valence-electron chi connectivity index (χ1n) is 16.5. The van der Waals surface area contributed by atoms with Crippen molar-refractivity contribution in [1.82, 2.24) is 4.90 Å². The highest BCUT2D eigenvalue weighted by molar-refractivity contribution is 5.88. The molecule has 0 amide bonds. The minimum Gasteiger partial charge on any atom is -0.392 e. The second-order valence-corrected chi connectivity index (χ2v) is 14.2. The summed E-state index contributed by atoms with van der Waals surface area (Å²) in [6.45, 7) is 16.9. The highest BCUT2D eigenvalue weighted by Crippen LogP contribution is 2.36. The van der Waals surface area contributed by atoms with E-state index >= 15 is 0 Å². The first-order chi connectivity index (χ1) is 20.8.